The Morgan fingerprint density at radius 1 is 1.14 bits per heavy atom. The van der Waals surface area contributed by atoms with E-state index in [1.807, 2.05) is 0 Å². The lowest BCUT2D eigenvalue weighted by atomic mass is 9.87. The van der Waals surface area contributed by atoms with Crippen LogP contribution in [0, 0.1) is 5.41 Å². The molecule has 3 radical (unpaired) electrons. The molecule has 5 heteroatoms. The highest BCUT2D eigenvalue weighted by Gasteiger charge is 2.46. The van der Waals surface area contributed by atoms with Crippen LogP contribution in [0.2, 0.25) is 6.55 Å². The predicted octanol–water partition coefficient (Wildman–Crippen LogP) is 5.18. The quantitative estimate of drug-likeness (QED) is 0.393. The highest BCUT2D eigenvalue weighted by Crippen LogP contribution is 2.46. The minimum atomic E-state index is -2.25. The van der Waals surface area contributed by atoms with Crippen LogP contribution in [0.3, 0.4) is 0 Å². The molecule has 0 N–H and O–H groups in total. The Morgan fingerprint density at radius 2 is 1.68 bits per heavy atom. The van der Waals surface area contributed by atoms with Gasteiger partial charge >= 0.3 is 8.56 Å². The average Bonchev–Trinajstić information content (AvgIpc) is 2.35. The molecule has 0 aromatic heterocycles. The van der Waals surface area contributed by atoms with Gasteiger partial charge in [0.1, 0.15) is 0 Å². The number of hydrogen-bond donors (Lipinski definition) is 0. The zero-order chi connectivity index (χ0) is 17.6. The van der Waals surface area contributed by atoms with E-state index >= 15 is 0 Å². The zero-order valence-electron chi connectivity index (χ0n) is 16.4. The summed E-state index contributed by atoms with van der Waals surface area (Å²) >= 11 is 0. The lowest BCUT2D eigenvalue weighted by Crippen LogP contribution is -2.55. The first-order valence-electron chi connectivity index (χ1n) is 8.67. The lowest BCUT2D eigenvalue weighted by Gasteiger charge is -2.46. The van der Waals surface area contributed by atoms with Crippen LogP contribution in [0.4, 0.5) is 0 Å². The molecule has 0 aliphatic carbocycles. The van der Waals surface area contributed by atoms with E-state index in [4.69, 9.17) is 8.85 Å². The van der Waals surface area contributed by atoms with Crippen LogP contribution in [0.5, 0.6) is 0 Å². The fraction of sp³-hybridized carbons (Fsp3) is 1.00. The molecule has 0 bridgehead atoms. The largest absolute Gasteiger partial charge is 0.394 e. The third-order valence-electron chi connectivity index (χ3n) is 4.40. The van der Waals surface area contributed by atoms with E-state index in [-0.39, 0.29) is 11.5 Å². The third-order valence-corrected chi connectivity index (χ3v) is 14.0. The molecule has 3 unspecified atom stereocenters. The normalized spacial score (nSPS) is 19.5. The van der Waals surface area contributed by atoms with Crippen molar-refractivity contribution < 1.29 is 8.85 Å². The molecule has 0 aliphatic heterocycles. The molecule has 0 aromatic rings. The monoisotopic (exact) mass is 363 g/mol. The van der Waals surface area contributed by atoms with Gasteiger partial charge in [0.25, 0.3) is 0 Å². The highest BCUT2D eigenvalue weighted by atomic mass is 32.4. The molecule has 0 fully saturated rings. The van der Waals surface area contributed by atoms with Crippen molar-refractivity contribution in [2.45, 2.75) is 84.7 Å². The summed E-state index contributed by atoms with van der Waals surface area (Å²) in [5.41, 5.74) is 0.156. The Kier molecular flexibility index (Phi) is 9.55. The van der Waals surface area contributed by atoms with Crippen molar-refractivity contribution in [1.29, 1.82) is 0 Å². The van der Waals surface area contributed by atoms with Crippen LogP contribution in [0.1, 0.15) is 67.2 Å². The average molecular weight is 364 g/mol. The van der Waals surface area contributed by atoms with E-state index < -0.39 is 18.0 Å². The Balaban J connectivity index is 5.28. The summed E-state index contributed by atoms with van der Waals surface area (Å²) in [4.78, 5) is 0.454. The summed E-state index contributed by atoms with van der Waals surface area (Å²) < 4.78 is 13.2. The van der Waals surface area contributed by atoms with Crippen molar-refractivity contribution in [3.8, 4) is 0 Å². The lowest BCUT2D eigenvalue weighted by molar-refractivity contribution is 0.0343. The van der Waals surface area contributed by atoms with Crippen molar-refractivity contribution in [3.05, 3.63) is 0 Å². The summed E-state index contributed by atoms with van der Waals surface area (Å²) in [7, 11) is 0.850. The Bertz CT molecular complexity index is 313. The molecular formula is C17H39O2SSi2. The number of unbranched alkanes of at least 4 members (excludes halogenated alkanes) is 1. The van der Waals surface area contributed by atoms with Crippen molar-refractivity contribution in [3.63, 3.8) is 0 Å². The maximum atomic E-state index is 6.78. The summed E-state index contributed by atoms with van der Waals surface area (Å²) in [5.74, 6) is 0. The molecule has 0 saturated heterocycles. The smallest absolute Gasteiger partial charge is 0.346 e. The minimum absolute atomic E-state index is 0.156. The Hall–Kier alpha value is 0.704. The second-order valence-corrected chi connectivity index (χ2v) is 18.5. The molecule has 0 spiro atoms. The van der Waals surface area contributed by atoms with Crippen LogP contribution in [-0.2, 0) is 8.85 Å². The maximum Gasteiger partial charge on any atom is 0.346 e. The molecular weight excluding hydrogens is 324 g/mol. The van der Waals surface area contributed by atoms with Crippen LogP contribution in [0.25, 0.3) is 0 Å². The first-order chi connectivity index (χ1) is 9.88. The summed E-state index contributed by atoms with van der Waals surface area (Å²) in [6.07, 6.45) is 9.42. The molecule has 0 amide bonds. The van der Waals surface area contributed by atoms with Crippen LogP contribution < -0.4 is 0 Å². The van der Waals surface area contributed by atoms with Gasteiger partial charge in [-0.1, -0.05) is 54.4 Å². The van der Waals surface area contributed by atoms with Gasteiger partial charge in [-0.3, -0.25) is 9.48 Å². The molecule has 0 aliphatic rings. The van der Waals surface area contributed by atoms with Gasteiger partial charge in [-0.05, 0) is 37.3 Å². The Labute approximate surface area is 145 Å². The SMILES string of the molecule is CCCCO[Si](C)(OC(CCC)C(C)(C)C)C(C)S(C)(C)[Si]. The summed E-state index contributed by atoms with van der Waals surface area (Å²) in [5, 5.41) is 0. The zero-order valence-corrected chi connectivity index (χ0v) is 19.2. The third kappa shape index (κ3) is 7.52. The molecule has 22 heavy (non-hydrogen) atoms. The van der Waals surface area contributed by atoms with Gasteiger partial charge in [-0.15, -0.1) is 0 Å². The first-order valence-corrected chi connectivity index (χ1v) is 14.8. The van der Waals surface area contributed by atoms with Gasteiger partial charge < -0.3 is 8.85 Å². The second-order valence-electron chi connectivity index (χ2n) is 8.03. The van der Waals surface area contributed by atoms with E-state index in [1.165, 1.54) is 6.42 Å². The maximum absolute atomic E-state index is 6.78. The highest BCUT2D eigenvalue weighted by molar-refractivity contribution is 8.50. The molecule has 0 saturated carbocycles. The fourth-order valence-corrected chi connectivity index (χ4v) is 11.1. The van der Waals surface area contributed by atoms with Gasteiger partial charge in [0, 0.05) is 11.5 Å². The Morgan fingerprint density at radius 3 is 2.05 bits per heavy atom. The van der Waals surface area contributed by atoms with Gasteiger partial charge in [-0.25, -0.2) is 0 Å². The van der Waals surface area contributed by atoms with E-state index in [2.05, 4.69) is 70.0 Å². The fourth-order valence-electron chi connectivity index (χ4n) is 2.41. The van der Waals surface area contributed by atoms with Crippen molar-refractivity contribution in [1.82, 2.24) is 0 Å². The van der Waals surface area contributed by atoms with Crippen molar-refractivity contribution in [2.24, 2.45) is 5.41 Å². The minimum Gasteiger partial charge on any atom is -0.394 e. The van der Waals surface area contributed by atoms with Crippen LogP contribution in [0.15, 0.2) is 0 Å². The van der Waals surface area contributed by atoms with Crippen LogP contribution >= 0.6 is 9.48 Å². The topological polar surface area (TPSA) is 18.5 Å². The van der Waals surface area contributed by atoms with Gasteiger partial charge in [0.05, 0.1) is 15.5 Å². The molecule has 0 rings (SSSR count). The number of hydrogen-bond acceptors (Lipinski definition) is 2. The summed E-state index contributed by atoms with van der Waals surface area (Å²) in [6, 6.07) is 0. The predicted molar refractivity (Wildman–Crippen MR) is 106 cm³/mol. The van der Waals surface area contributed by atoms with Gasteiger partial charge in [-0.2, -0.15) is 0 Å². The van der Waals surface area contributed by atoms with E-state index in [1.54, 1.807) is 0 Å². The standard InChI is InChI=1S/C17H39O2SSi2/c1-10-12-14-18-22(9,15(3)20(7,8)21)19-16(13-11-2)17(4,5)6/h15-16H,10-14H2,1-9H3. The second kappa shape index (κ2) is 9.26. The molecule has 0 aromatic carbocycles. The van der Waals surface area contributed by atoms with Gasteiger partial charge in [0.15, 0.2) is 0 Å². The van der Waals surface area contributed by atoms with Crippen molar-refractivity contribution in [2.75, 3.05) is 19.1 Å². The molecule has 3 atom stereocenters. The summed E-state index contributed by atoms with van der Waals surface area (Å²) in [6.45, 7) is 16.7. The van der Waals surface area contributed by atoms with E-state index in [9.17, 15) is 0 Å². The van der Waals surface area contributed by atoms with E-state index in [0.717, 1.165) is 25.9 Å². The van der Waals surface area contributed by atoms with Crippen molar-refractivity contribution >= 4 is 27.4 Å². The number of rotatable bonds is 10. The van der Waals surface area contributed by atoms with Gasteiger partial charge in [0.2, 0.25) is 0 Å². The molecule has 133 valence electrons. The first kappa shape index (κ1) is 22.7. The molecule has 0 heterocycles. The van der Waals surface area contributed by atoms with Crippen LogP contribution in [-0.4, -0.2) is 48.0 Å². The molecule has 2 nitrogen and oxygen atoms in total. The van der Waals surface area contributed by atoms with E-state index in [0.29, 0.717) is 4.87 Å².